The Morgan fingerprint density at radius 2 is 1.92 bits per heavy atom. The van der Waals surface area contributed by atoms with Crippen LogP contribution in [0.25, 0.3) is 0 Å². The molecule has 4 nitrogen and oxygen atoms in total. The topological polar surface area (TPSA) is 50.4 Å². The first-order chi connectivity index (χ1) is 11.6. The molecule has 134 valence electrons. The Hall–Kier alpha value is -2.00. The minimum Gasteiger partial charge on any atom is -0.453 e. The summed E-state index contributed by atoms with van der Waals surface area (Å²) < 4.78 is 57.7. The van der Waals surface area contributed by atoms with E-state index in [4.69, 9.17) is 16.3 Å². The summed E-state index contributed by atoms with van der Waals surface area (Å²) in [4.78, 5) is 11.4. The van der Waals surface area contributed by atoms with Crippen LogP contribution in [0.1, 0.15) is 5.56 Å². The molecule has 2 rings (SSSR count). The third-order valence-electron chi connectivity index (χ3n) is 2.96. The zero-order chi connectivity index (χ0) is 18.8. The van der Waals surface area contributed by atoms with Crippen molar-refractivity contribution >= 4 is 39.2 Å². The van der Waals surface area contributed by atoms with Crippen LogP contribution in [-0.2, 0) is 6.18 Å². The lowest BCUT2D eigenvalue weighted by Gasteiger charge is -2.14. The summed E-state index contributed by atoms with van der Waals surface area (Å²) in [5, 5.41) is 4.31. The molecule has 0 aromatic heterocycles. The summed E-state index contributed by atoms with van der Waals surface area (Å²) in [6, 6.07) is 4.65. The Labute approximate surface area is 153 Å². The van der Waals surface area contributed by atoms with Crippen molar-refractivity contribution in [3.63, 3.8) is 0 Å². The van der Waals surface area contributed by atoms with E-state index in [9.17, 15) is 22.4 Å². The van der Waals surface area contributed by atoms with Crippen LogP contribution in [0.15, 0.2) is 34.8 Å². The van der Waals surface area contributed by atoms with E-state index in [1.807, 2.05) is 0 Å². The number of nitrogens with one attached hydrogen (secondary N) is 2. The summed E-state index contributed by atoms with van der Waals surface area (Å²) in [6.07, 6.45) is -4.73. The molecule has 10 heteroatoms. The highest BCUT2D eigenvalue weighted by Crippen LogP contribution is 2.39. The second-order valence-electron chi connectivity index (χ2n) is 4.71. The van der Waals surface area contributed by atoms with E-state index in [-0.39, 0.29) is 5.75 Å². The van der Waals surface area contributed by atoms with Crippen LogP contribution in [0.2, 0.25) is 5.02 Å². The monoisotopic (exact) mass is 440 g/mol. The molecule has 0 fully saturated rings. The standard InChI is InChI=1S/C15H10BrClF4N2O2/c1-22-14(24)23-12-6-8(2-3-9(12)16)25-13-10(17)4-7(5-11(13)18)15(19,20)21/h2-6H,1H3,(H2,22,23,24). The number of ether oxygens (including phenoxy) is 1. The van der Waals surface area contributed by atoms with E-state index in [0.717, 1.165) is 0 Å². The molecular formula is C15H10BrClF4N2O2. The van der Waals surface area contributed by atoms with E-state index < -0.39 is 34.4 Å². The van der Waals surface area contributed by atoms with Gasteiger partial charge in [0.15, 0.2) is 11.6 Å². The lowest BCUT2D eigenvalue weighted by atomic mass is 10.2. The Morgan fingerprint density at radius 1 is 1.24 bits per heavy atom. The molecule has 2 N–H and O–H groups in total. The van der Waals surface area contributed by atoms with Gasteiger partial charge >= 0.3 is 12.2 Å². The van der Waals surface area contributed by atoms with Crippen LogP contribution in [-0.4, -0.2) is 13.1 Å². The maximum Gasteiger partial charge on any atom is 0.416 e. The molecule has 0 saturated carbocycles. The van der Waals surface area contributed by atoms with Gasteiger partial charge in [-0.05, 0) is 40.2 Å². The molecule has 2 amide bonds. The molecule has 0 unspecified atom stereocenters. The van der Waals surface area contributed by atoms with Gasteiger partial charge in [0.05, 0.1) is 16.3 Å². The number of carbonyl (C=O) groups excluding carboxylic acids is 1. The maximum atomic E-state index is 14.0. The zero-order valence-electron chi connectivity index (χ0n) is 12.5. The molecule has 0 bridgehead atoms. The van der Waals surface area contributed by atoms with E-state index in [0.29, 0.717) is 22.3 Å². The fourth-order valence-corrected chi connectivity index (χ4v) is 2.38. The van der Waals surface area contributed by atoms with Crippen molar-refractivity contribution in [2.45, 2.75) is 6.18 Å². The van der Waals surface area contributed by atoms with Gasteiger partial charge in [-0.2, -0.15) is 13.2 Å². The summed E-state index contributed by atoms with van der Waals surface area (Å²) in [6.45, 7) is 0. The number of urea groups is 1. The maximum absolute atomic E-state index is 14.0. The Balaban J connectivity index is 2.34. The SMILES string of the molecule is CNC(=O)Nc1cc(Oc2c(F)cc(C(F)(F)F)cc2Cl)ccc1Br. The van der Waals surface area contributed by atoms with Crippen LogP contribution >= 0.6 is 27.5 Å². The number of amides is 2. The van der Waals surface area contributed by atoms with Gasteiger partial charge in [0.1, 0.15) is 5.75 Å². The average molecular weight is 442 g/mol. The number of hydrogen-bond donors (Lipinski definition) is 2. The fraction of sp³-hybridized carbons (Fsp3) is 0.133. The lowest BCUT2D eigenvalue weighted by molar-refractivity contribution is -0.137. The van der Waals surface area contributed by atoms with Crippen LogP contribution in [0.3, 0.4) is 0 Å². The van der Waals surface area contributed by atoms with Crippen LogP contribution in [0.4, 0.5) is 28.0 Å². The summed E-state index contributed by atoms with van der Waals surface area (Å²) >= 11 is 8.93. The van der Waals surface area contributed by atoms with Crippen LogP contribution in [0, 0.1) is 5.82 Å². The van der Waals surface area contributed by atoms with Gasteiger partial charge < -0.3 is 15.4 Å². The Bertz CT molecular complexity index is 792. The molecule has 0 aliphatic heterocycles. The van der Waals surface area contributed by atoms with E-state index >= 15 is 0 Å². The van der Waals surface area contributed by atoms with Gasteiger partial charge in [-0.1, -0.05) is 11.6 Å². The zero-order valence-corrected chi connectivity index (χ0v) is 14.8. The van der Waals surface area contributed by atoms with Crippen molar-refractivity contribution in [3.8, 4) is 11.5 Å². The third kappa shape index (κ3) is 4.76. The number of carbonyl (C=O) groups is 1. The highest BCUT2D eigenvalue weighted by atomic mass is 79.9. The Kier molecular flexibility index (Phi) is 5.79. The fourth-order valence-electron chi connectivity index (χ4n) is 1.79. The van der Waals surface area contributed by atoms with Gasteiger partial charge in [0.2, 0.25) is 0 Å². The molecule has 25 heavy (non-hydrogen) atoms. The molecule has 0 spiro atoms. The van der Waals surface area contributed by atoms with Gasteiger partial charge in [0.25, 0.3) is 0 Å². The van der Waals surface area contributed by atoms with Crippen molar-refractivity contribution in [2.75, 3.05) is 12.4 Å². The molecule has 0 radical (unpaired) electrons. The minimum atomic E-state index is -4.73. The Morgan fingerprint density at radius 3 is 2.48 bits per heavy atom. The van der Waals surface area contributed by atoms with Gasteiger partial charge in [-0.15, -0.1) is 0 Å². The normalized spacial score (nSPS) is 11.2. The quantitative estimate of drug-likeness (QED) is 0.591. The van der Waals surface area contributed by atoms with Crippen molar-refractivity contribution in [1.82, 2.24) is 5.32 Å². The smallest absolute Gasteiger partial charge is 0.416 e. The van der Waals surface area contributed by atoms with E-state index in [2.05, 4.69) is 26.6 Å². The van der Waals surface area contributed by atoms with Crippen molar-refractivity contribution < 1.29 is 27.1 Å². The lowest BCUT2D eigenvalue weighted by Crippen LogP contribution is -2.24. The van der Waals surface area contributed by atoms with Crippen molar-refractivity contribution in [1.29, 1.82) is 0 Å². The number of rotatable bonds is 3. The molecular weight excluding hydrogens is 432 g/mol. The second-order valence-corrected chi connectivity index (χ2v) is 5.98. The summed E-state index contributed by atoms with van der Waals surface area (Å²) in [5.74, 6) is -1.75. The molecule has 0 aliphatic rings. The number of hydrogen-bond acceptors (Lipinski definition) is 2. The summed E-state index contributed by atoms with van der Waals surface area (Å²) in [7, 11) is 1.42. The van der Waals surface area contributed by atoms with Gasteiger partial charge in [0, 0.05) is 17.6 Å². The van der Waals surface area contributed by atoms with E-state index in [1.165, 1.54) is 25.2 Å². The second kappa shape index (κ2) is 7.49. The molecule has 2 aromatic rings. The first-order valence-electron chi connectivity index (χ1n) is 6.64. The molecule has 0 aliphatic carbocycles. The molecule has 0 heterocycles. The first-order valence-corrected chi connectivity index (χ1v) is 7.81. The largest absolute Gasteiger partial charge is 0.453 e. The predicted molar refractivity (Wildman–Crippen MR) is 88.7 cm³/mol. The number of alkyl halides is 3. The first kappa shape index (κ1) is 19.3. The van der Waals surface area contributed by atoms with Crippen LogP contribution in [0.5, 0.6) is 11.5 Å². The number of benzene rings is 2. The molecule has 2 aromatic carbocycles. The number of anilines is 1. The predicted octanol–water partition coefficient (Wildman–Crippen LogP) is 5.80. The van der Waals surface area contributed by atoms with Gasteiger partial charge in [-0.25, -0.2) is 9.18 Å². The molecule has 0 saturated heterocycles. The third-order valence-corrected chi connectivity index (χ3v) is 3.93. The average Bonchev–Trinajstić information content (AvgIpc) is 2.52. The number of halogens is 6. The van der Waals surface area contributed by atoms with Crippen molar-refractivity contribution in [3.05, 3.63) is 51.2 Å². The molecule has 0 atom stereocenters. The minimum absolute atomic E-state index is 0.0650. The highest BCUT2D eigenvalue weighted by Gasteiger charge is 2.32. The van der Waals surface area contributed by atoms with Crippen LogP contribution < -0.4 is 15.4 Å². The van der Waals surface area contributed by atoms with Gasteiger partial charge in [-0.3, -0.25) is 0 Å². The van der Waals surface area contributed by atoms with E-state index in [1.54, 1.807) is 0 Å². The van der Waals surface area contributed by atoms with Crippen molar-refractivity contribution in [2.24, 2.45) is 0 Å². The highest BCUT2D eigenvalue weighted by molar-refractivity contribution is 9.10. The summed E-state index contributed by atoms with van der Waals surface area (Å²) in [5.41, 5.74) is -0.916.